The molecule has 0 radical (unpaired) electrons. The number of halogens is 2. The molecule has 2 aromatic carbocycles. The van der Waals surface area contributed by atoms with Crippen molar-refractivity contribution in [2.75, 3.05) is 38.0 Å². The van der Waals surface area contributed by atoms with Crippen molar-refractivity contribution in [3.63, 3.8) is 0 Å². The third kappa shape index (κ3) is 6.03. The van der Waals surface area contributed by atoms with Gasteiger partial charge in [-0.3, -0.25) is 19.4 Å². The fourth-order valence-electron chi connectivity index (χ4n) is 3.67. The average molecular weight is 445 g/mol. The van der Waals surface area contributed by atoms with E-state index in [-0.39, 0.29) is 30.2 Å². The molecule has 0 bridgehead atoms. The van der Waals surface area contributed by atoms with Gasteiger partial charge in [-0.15, -0.1) is 0 Å². The number of nitrogens with one attached hydrogen (secondary N) is 2. The highest BCUT2D eigenvalue weighted by molar-refractivity contribution is 6.31. The zero-order valence-electron chi connectivity index (χ0n) is 17.2. The van der Waals surface area contributed by atoms with Gasteiger partial charge < -0.3 is 10.6 Å². The number of para-hydroxylation sites is 1. The zero-order valence-corrected chi connectivity index (χ0v) is 18.0. The molecule has 2 N–H and O–H groups in total. The Labute approximate surface area is 186 Å². The van der Waals surface area contributed by atoms with Gasteiger partial charge in [0.2, 0.25) is 5.91 Å². The molecule has 1 heterocycles. The molecule has 31 heavy (non-hydrogen) atoms. The van der Waals surface area contributed by atoms with E-state index < -0.39 is 0 Å². The fraction of sp³-hybridized carbons (Fsp3) is 0.391. The van der Waals surface area contributed by atoms with Crippen LogP contribution in [0.2, 0.25) is 5.02 Å². The molecule has 6 nitrogen and oxygen atoms in total. The summed E-state index contributed by atoms with van der Waals surface area (Å²) < 4.78 is 13.2. The van der Waals surface area contributed by atoms with Gasteiger partial charge in [-0.25, -0.2) is 4.39 Å². The highest BCUT2D eigenvalue weighted by Gasteiger charge is 2.25. The van der Waals surface area contributed by atoms with Gasteiger partial charge in [0, 0.05) is 43.8 Å². The molecule has 0 unspecified atom stereocenters. The minimum absolute atomic E-state index is 0.137. The highest BCUT2D eigenvalue weighted by Crippen LogP contribution is 2.22. The third-order valence-corrected chi connectivity index (χ3v) is 5.95. The van der Waals surface area contributed by atoms with Crippen LogP contribution in [-0.4, -0.2) is 60.4 Å². The van der Waals surface area contributed by atoms with Gasteiger partial charge in [-0.2, -0.15) is 0 Å². The monoisotopic (exact) mass is 444 g/mol. The number of hydrogen-bond donors (Lipinski definition) is 2. The van der Waals surface area contributed by atoms with E-state index in [9.17, 15) is 14.0 Å². The highest BCUT2D eigenvalue weighted by atomic mass is 35.5. The predicted octanol–water partition coefficient (Wildman–Crippen LogP) is 3.13. The topological polar surface area (TPSA) is 64.7 Å². The van der Waals surface area contributed by atoms with E-state index in [2.05, 4.69) is 20.4 Å². The molecular formula is C23H26ClFN4O2. The van der Waals surface area contributed by atoms with Crippen LogP contribution in [0.15, 0.2) is 42.5 Å². The second-order valence-electron chi connectivity index (χ2n) is 8.13. The maximum atomic E-state index is 13.2. The summed E-state index contributed by atoms with van der Waals surface area (Å²) >= 11 is 6.13. The number of piperazine rings is 1. The van der Waals surface area contributed by atoms with E-state index in [0.29, 0.717) is 22.8 Å². The number of carbonyl (C=O) groups is 2. The van der Waals surface area contributed by atoms with Crippen molar-refractivity contribution in [1.29, 1.82) is 0 Å². The van der Waals surface area contributed by atoms with E-state index in [4.69, 9.17) is 11.6 Å². The minimum Gasteiger partial charge on any atom is -0.349 e. The predicted molar refractivity (Wildman–Crippen MR) is 119 cm³/mol. The molecule has 1 saturated carbocycles. The van der Waals surface area contributed by atoms with Gasteiger partial charge >= 0.3 is 0 Å². The van der Waals surface area contributed by atoms with Crippen LogP contribution in [0.1, 0.15) is 28.8 Å². The summed E-state index contributed by atoms with van der Waals surface area (Å²) in [4.78, 5) is 29.3. The van der Waals surface area contributed by atoms with E-state index in [1.165, 1.54) is 12.1 Å². The standard InChI is InChI=1S/C23H26ClFN4O2/c24-20-13-17(25)6-5-16(20)14-28-9-11-29(12-10-28)15-22(30)27-21-4-2-1-3-19(21)23(31)26-18-7-8-18/h1-6,13,18H,7-12,14-15H2,(H,26,31)(H,27,30). The quantitative estimate of drug-likeness (QED) is 0.688. The van der Waals surface area contributed by atoms with Crippen LogP contribution in [0, 0.1) is 5.82 Å². The summed E-state index contributed by atoms with van der Waals surface area (Å²) in [5.74, 6) is -0.621. The first-order chi connectivity index (χ1) is 15.0. The Morgan fingerprint density at radius 3 is 2.45 bits per heavy atom. The summed E-state index contributed by atoms with van der Waals surface area (Å²) in [5, 5.41) is 6.29. The Hall–Kier alpha value is -2.48. The molecule has 2 amide bonds. The summed E-state index contributed by atoms with van der Waals surface area (Å²) in [6.45, 7) is 4.00. The molecule has 2 aromatic rings. The average Bonchev–Trinajstić information content (AvgIpc) is 3.56. The molecule has 1 aliphatic heterocycles. The fourth-order valence-corrected chi connectivity index (χ4v) is 3.90. The summed E-state index contributed by atoms with van der Waals surface area (Å²) in [6, 6.07) is 11.8. The third-order valence-electron chi connectivity index (χ3n) is 5.60. The summed E-state index contributed by atoms with van der Waals surface area (Å²) in [6.07, 6.45) is 2.03. The molecule has 0 aromatic heterocycles. The largest absolute Gasteiger partial charge is 0.349 e. The molecule has 0 atom stereocenters. The number of nitrogens with zero attached hydrogens (tertiary/aromatic N) is 2. The maximum Gasteiger partial charge on any atom is 0.253 e. The zero-order chi connectivity index (χ0) is 21.8. The first-order valence-electron chi connectivity index (χ1n) is 10.6. The van der Waals surface area contributed by atoms with Crippen molar-refractivity contribution in [2.45, 2.75) is 25.4 Å². The summed E-state index contributed by atoms with van der Waals surface area (Å²) in [5.41, 5.74) is 1.93. The van der Waals surface area contributed by atoms with Crippen LogP contribution in [0.25, 0.3) is 0 Å². The van der Waals surface area contributed by atoms with Crippen LogP contribution >= 0.6 is 11.6 Å². The van der Waals surface area contributed by atoms with E-state index >= 15 is 0 Å². The van der Waals surface area contributed by atoms with Gasteiger partial charge in [0.15, 0.2) is 0 Å². The van der Waals surface area contributed by atoms with Gasteiger partial charge in [-0.05, 0) is 42.7 Å². The van der Waals surface area contributed by atoms with Crippen molar-refractivity contribution in [3.8, 4) is 0 Å². The Balaban J connectivity index is 1.26. The lowest BCUT2D eigenvalue weighted by Gasteiger charge is -2.34. The van der Waals surface area contributed by atoms with Crippen molar-refractivity contribution in [3.05, 3.63) is 64.4 Å². The van der Waals surface area contributed by atoms with Crippen LogP contribution in [-0.2, 0) is 11.3 Å². The van der Waals surface area contributed by atoms with Crippen molar-refractivity contribution in [2.24, 2.45) is 0 Å². The van der Waals surface area contributed by atoms with E-state index in [1.54, 1.807) is 24.3 Å². The van der Waals surface area contributed by atoms with Gasteiger partial charge in [0.1, 0.15) is 5.82 Å². The molecule has 8 heteroatoms. The van der Waals surface area contributed by atoms with Gasteiger partial charge in [-0.1, -0.05) is 29.8 Å². The van der Waals surface area contributed by atoms with Gasteiger partial charge in [0.25, 0.3) is 5.91 Å². The minimum atomic E-state index is -0.337. The lowest BCUT2D eigenvalue weighted by Crippen LogP contribution is -2.48. The lowest BCUT2D eigenvalue weighted by atomic mass is 10.1. The Bertz CT molecular complexity index is 958. The lowest BCUT2D eigenvalue weighted by molar-refractivity contribution is -0.117. The Morgan fingerprint density at radius 2 is 1.74 bits per heavy atom. The smallest absolute Gasteiger partial charge is 0.253 e. The number of hydrogen-bond acceptors (Lipinski definition) is 4. The van der Waals surface area contributed by atoms with E-state index in [0.717, 1.165) is 44.6 Å². The molecule has 1 saturated heterocycles. The SMILES string of the molecule is O=C(CN1CCN(Cc2ccc(F)cc2Cl)CC1)Nc1ccccc1C(=O)NC1CC1. The Morgan fingerprint density at radius 1 is 1.03 bits per heavy atom. The second kappa shape index (κ2) is 9.77. The molecule has 0 spiro atoms. The van der Waals surface area contributed by atoms with Crippen molar-refractivity contribution >= 4 is 29.1 Å². The number of rotatable bonds is 7. The number of carbonyl (C=O) groups excluding carboxylic acids is 2. The number of amides is 2. The van der Waals surface area contributed by atoms with Crippen molar-refractivity contribution in [1.82, 2.24) is 15.1 Å². The van der Waals surface area contributed by atoms with Gasteiger partial charge in [0.05, 0.1) is 17.8 Å². The van der Waals surface area contributed by atoms with Crippen LogP contribution in [0.4, 0.5) is 10.1 Å². The van der Waals surface area contributed by atoms with Crippen LogP contribution in [0.3, 0.4) is 0 Å². The molecule has 2 fully saturated rings. The first-order valence-corrected chi connectivity index (χ1v) is 10.9. The maximum absolute atomic E-state index is 13.2. The number of anilines is 1. The molecule has 164 valence electrons. The molecule has 2 aliphatic rings. The van der Waals surface area contributed by atoms with E-state index in [1.807, 2.05) is 6.07 Å². The van der Waals surface area contributed by atoms with Crippen LogP contribution < -0.4 is 10.6 Å². The second-order valence-corrected chi connectivity index (χ2v) is 8.54. The molecule has 1 aliphatic carbocycles. The number of benzene rings is 2. The van der Waals surface area contributed by atoms with Crippen molar-refractivity contribution < 1.29 is 14.0 Å². The van der Waals surface area contributed by atoms with Crippen LogP contribution in [0.5, 0.6) is 0 Å². The molecular weight excluding hydrogens is 419 g/mol. The molecule has 4 rings (SSSR count). The normalized spacial score (nSPS) is 17.4. The summed E-state index contributed by atoms with van der Waals surface area (Å²) in [7, 11) is 0. The first kappa shape index (κ1) is 21.7. The Kier molecular flexibility index (Phi) is 6.85.